The predicted octanol–water partition coefficient (Wildman–Crippen LogP) is 4.67. The summed E-state index contributed by atoms with van der Waals surface area (Å²) in [4.78, 5) is 16.9. The van der Waals surface area contributed by atoms with Crippen molar-refractivity contribution in [3.8, 4) is 11.1 Å². The lowest BCUT2D eigenvalue weighted by molar-refractivity contribution is 0.0990. The second-order valence-electron chi connectivity index (χ2n) is 7.62. The molecule has 0 atom stereocenters. The van der Waals surface area contributed by atoms with Crippen LogP contribution < -0.4 is 5.73 Å². The Balaban J connectivity index is 2.06. The summed E-state index contributed by atoms with van der Waals surface area (Å²) in [6.45, 7) is 7.32. The number of imidazole rings is 1. The monoisotopic (exact) mass is 405 g/mol. The number of hydrogen-bond acceptors (Lipinski definition) is 3. The van der Waals surface area contributed by atoms with Crippen LogP contribution in [0.4, 0.5) is 0 Å². The fourth-order valence-electron chi connectivity index (χ4n) is 4.00. The summed E-state index contributed by atoms with van der Waals surface area (Å²) in [6.07, 6.45) is 2.45. The van der Waals surface area contributed by atoms with E-state index in [-0.39, 0.29) is 0 Å². The third-order valence-electron chi connectivity index (χ3n) is 5.41. The molecule has 3 rings (SSSR count). The molecular weight excluding hydrogens is 374 g/mol. The number of nitrogens with zero attached hydrogens (tertiary/aromatic N) is 2. The summed E-state index contributed by atoms with van der Waals surface area (Å²) in [5.41, 5.74) is 12.9. The van der Waals surface area contributed by atoms with Gasteiger partial charge in [0.15, 0.2) is 0 Å². The molecule has 1 amide bonds. The Morgan fingerprint density at radius 3 is 2.53 bits per heavy atom. The number of amides is 1. The SMILES string of the molecule is CCCc1nc(CC)c(C(N)=O)n1Cc1ccc(-c2ccccc2C)c(COC)c1. The quantitative estimate of drug-likeness (QED) is 0.562. The highest BCUT2D eigenvalue weighted by atomic mass is 16.5. The number of aromatic nitrogens is 2. The van der Waals surface area contributed by atoms with Gasteiger partial charge >= 0.3 is 0 Å². The molecule has 0 aliphatic rings. The third kappa shape index (κ3) is 4.46. The number of methoxy groups -OCH3 is 1. The van der Waals surface area contributed by atoms with Crippen molar-refractivity contribution in [3.05, 3.63) is 76.4 Å². The highest BCUT2D eigenvalue weighted by molar-refractivity contribution is 5.92. The van der Waals surface area contributed by atoms with Gasteiger partial charge < -0.3 is 15.0 Å². The normalized spacial score (nSPS) is 11.1. The van der Waals surface area contributed by atoms with Gasteiger partial charge in [-0.05, 0) is 47.6 Å². The molecule has 0 radical (unpaired) electrons. The molecule has 30 heavy (non-hydrogen) atoms. The predicted molar refractivity (Wildman–Crippen MR) is 121 cm³/mol. The van der Waals surface area contributed by atoms with E-state index < -0.39 is 5.91 Å². The molecule has 5 heteroatoms. The van der Waals surface area contributed by atoms with Crippen LogP contribution in [0.1, 0.15) is 59.0 Å². The number of rotatable bonds is 9. The summed E-state index contributed by atoms with van der Waals surface area (Å²) < 4.78 is 7.48. The molecule has 5 nitrogen and oxygen atoms in total. The minimum Gasteiger partial charge on any atom is -0.380 e. The maximum absolute atomic E-state index is 12.2. The van der Waals surface area contributed by atoms with Crippen molar-refractivity contribution < 1.29 is 9.53 Å². The molecule has 2 aromatic carbocycles. The lowest BCUT2D eigenvalue weighted by Gasteiger charge is -2.16. The molecule has 0 spiro atoms. The number of benzene rings is 2. The smallest absolute Gasteiger partial charge is 0.267 e. The average Bonchev–Trinajstić information content (AvgIpc) is 3.07. The number of hydrogen-bond donors (Lipinski definition) is 1. The van der Waals surface area contributed by atoms with Crippen LogP contribution in [-0.4, -0.2) is 22.6 Å². The van der Waals surface area contributed by atoms with E-state index in [0.29, 0.717) is 25.3 Å². The van der Waals surface area contributed by atoms with Crippen LogP contribution in [0.15, 0.2) is 42.5 Å². The summed E-state index contributed by atoms with van der Waals surface area (Å²) in [6, 6.07) is 14.8. The second kappa shape index (κ2) is 9.72. The largest absolute Gasteiger partial charge is 0.380 e. The van der Waals surface area contributed by atoms with Gasteiger partial charge in [0.1, 0.15) is 11.5 Å². The van der Waals surface area contributed by atoms with E-state index in [1.54, 1.807) is 7.11 Å². The van der Waals surface area contributed by atoms with Gasteiger partial charge in [0, 0.05) is 20.1 Å². The Morgan fingerprint density at radius 1 is 1.13 bits per heavy atom. The van der Waals surface area contributed by atoms with E-state index in [1.807, 2.05) is 17.6 Å². The summed E-state index contributed by atoms with van der Waals surface area (Å²) in [5, 5.41) is 0. The van der Waals surface area contributed by atoms with Crippen molar-refractivity contribution in [2.45, 2.75) is 53.2 Å². The van der Waals surface area contributed by atoms with Crippen molar-refractivity contribution in [2.24, 2.45) is 5.73 Å². The molecule has 158 valence electrons. The molecular formula is C25H31N3O2. The van der Waals surface area contributed by atoms with Gasteiger partial charge in [0.2, 0.25) is 0 Å². The summed E-state index contributed by atoms with van der Waals surface area (Å²) in [7, 11) is 1.71. The van der Waals surface area contributed by atoms with Crippen molar-refractivity contribution in [1.29, 1.82) is 0 Å². The van der Waals surface area contributed by atoms with Gasteiger partial charge in [-0.15, -0.1) is 0 Å². The summed E-state index contributed by atoms with van der Waals surface area (Å²) in [5.74, 6) is 0.495. The first-order chi connectivity index (χ1) is 14.5. The van der Waals surface area contributed by atoms with Crippen molar-refractivity contribution in [3.63, 3.8) is 0 Å². The zero-order valence-corrected chi connectivity index (χ0v) is 18.4. The first-order valence-electron chi connectivity index (χ1n) is 10.5. The van der Waals surface area contributed by atoms with Crippen LogP contribution in [0.3, 0.4) is 0 Å². The van der Waals surface area contributed by atoms with E-state index in [9.17, 15) is 4.79 Å². The molecule has 3 aromatic rings. The minimum atomic E-state index is -0.421. The molecule has 0 unspecified atom stereocenters. The van der Waals surface area contributed by atoms with E-state index in [4.69, 9.17) is 15.5 Å². The highest BCUT2D eigenvalue weighted by Crippen LogP contribution is 2.29. The van der Waals surface area contributed by atoms with Crippen LogP contribution in [-0.2, 0) is 30.7 Å². The van der Waals surface area contributed by atoms with E-state index >= 15 is 0 Å². The minimum absolute atomic E-state index is 0.421. The topological polar surface area (TPSA) is 70.1 Å². The fourth-order valence-corrected chi connectivity index (χ4v) is 4.00. The maximum Gasteiger partial charge on any atom is 0.267 e. The van der Waals surface area contributed by atoms with Crippen LogP contribution in [0.2, 0.25) is 0 Å². The van der Waals surface area contributed by atoms with E-state index in [1.165, 1.54) is 16.7 Å². The fraction of sp³-hybridized carbons (Fsp3) is 0.360. The molecule has 0 saturated carbocycles. The molecule has 2 N–H and O–H groups in total. The van der Waals surface area contributed by atoms with Gasteiger partial charge in [0.05, 0.1) is 12.3 Å². The Hall–Kier alpha value is -2.92. The van der Waals surface area contributed by atoms with Crippen LogP contribution in [0.5, 0.6) is 0 Å². The Bertz CT molecular complexity index is 1040. The zero-order chi connectivity index (χ0) is 21.7. The zero-order valence-electron chi connectivity index (χ0n) is 18.4. The molecule has 0 aliphatic carbocycles. The molecule has 1 aromatic heterocycles. The van der Waals surface area contributed by atoms with Crippen LogP contribution in [0, 0.1) is 6.92 Å². The van der Waals surface area contributed by atoms with Crippen molar-refractivity contribution >= 4 is 5.91 Å². The molecule has 0 saturated heterocycles. The van der Waals surface area contributed by atoms with Gasteiger partial charge in [-0.2, -0.15) is 0 Å². The highest BCUT2D eigenvalue weighted by Gasteiger charge is 2.20. The molecule has 0 fully saturated rings. The average molecular weight is 406 g/mol. The maximum atomic E-state index is 12.2. The molecule has 0 aliphatic heterocycles. The number of primary amides is 1. The molecule has 1 heterocycles. The number of ether oxygens (including phenoxy) is 1. The van der Waals surface area contributed by atoms with Crippen molar-refractivity contribution in [1.82, 2.24) is 9.55 Å². The van der Waals surface area contributed by atoms with Gasteiger partial charge in [-0.3, -0.25) is 4.79 Å². The van der Waals surface area contributed by atoms with E-state index in [0.717, 1.165) is 35.5 Å². The Morgan fingerprint density at radius 2 is 1.90 bits per heavy atom. The van der Waals surface area contributed by atoms with Crippen molar-refractivity contribution in [2.75, 3.05) is 7.11 Å². The number of nitrogens with two attached hydrogens (primary N) is 1. The number of carbonyl (C=O) groups excluding carboxylic acids is 1. The first-order valence-corrected chi connectivity index (χ1v) is 10.5. The lowest BCUT2D eigenvalue weighted by atomic mass is 9.94. The van der Waals surface area contributed by atoms with Crippen LogP contribution >= 0.6 is 0 Å². The van der Waals surface area contributed by atoms with Crippen LogP contribution in [0.25, 0.3) is 11.1 Å². The van der Waals surface area contributed by atoms with Gasteiger partial charge in [0.25, 0.3) is 5.91 Å². The number of carbonyl (C=O) groups is 1. The molecule has 0 bridgehead atoms. The van der Waals surface area contributed by atoms with Gasteiger partial charge in [-0.25, -0.2) is 4.98 Å². The third-order valence-corrected chi connectivity index (χ3v) is 5.41. The van der Waals surface area contributed by atoms with Gasteiger partial charge in [-0.1, -0.05) is 56.3 Å². The Labute approximate surface area is 178 Å². The summed E-state index contributed by atoms with van der Waals surface area (Å²) >= 11 is 0. The van der Waals surface area contributed by atoms with E-state index in [2.05, 4.69) is 50.2 Å². The lowest BCUT2D eigenvalue weighted by Crippen LogP contribution is -2.20. The standard InChI is InChI=1S/C25H31N3O2/c1-5-9-23-27-22(6-2)24(25(26)29)28(23)15-18-12-13-21(19(14-18)16-30-4)20-11-8-7-10-17(20)3/h7-8,10-14H,5-6,9,15-16H2,1-4H3,(H2,26,29). The second-order valence-corrected chi connectivity index (χ2v) is 7.62. The number of aryl methyl sites for hydroxylation is 3. The Kier molecular flexibility index (Phi) is 7.06. The first kappa shape index (κ1) is 21.8.